The Kier molecular flexibility index (Phi) is 6.28. The molecule has 1 aliphatic rings. The topological polar surface area (TPSA) is 117 Å². The highest BCUT2D eigenvalue weighted by Crippen LogP contribution is 2.31. The number of benzene rings is 2. The molecule has 3 aromatic rings. The number of imide groups is 1. The summed E-state index contributed by atoms with van der Waals surface area (Å²) >= 11 is 1.12. The van der Waals surface area contributed by atoms with Gasteiger partial charge in [0.1, 0.15) is 6.04 Å². The number of rotatable bonds is 7. The Hall–Kier alpha value is -3.15. The van der Waals surface area contributed by atoms with Crippen LogP contribution in [0.3, 0.4) is 0 Å². The minimum Gasteiger partial charge on any atom is -0.300 e. The molecule has 1 aromatic heterocycles. The first-order valence-corrected chi connectivity index (χ1v) is 12.9. The van der Waals surface area contributed by atoms with Crippen molar-refractivity contribution in [2.75, 3.05) is 19.4 Å². The van der Waals surface area contributed by atoms with Gasteiger partial charge in [-0.15, -0.1) is 0 Å². The van der Waals surface area contributed by atoms with Gasteiger partial charge in [-0.3, -0.25) is 19.3 Å². The van der Waals surface area contributed by atoms with Crippen LogP contribution in [0.15, 0.2) is 47.4 Å². The molecule has 2 atom stereocenters. The van der Waals surface area contributed by atoms with E-state index in [9.17, 15) is 22.8 Å². The fourth-order valence-corrected chi connectivity index (χ4v) is 5.73. The van der Waals surface area contributed by atoms with E-state index in [0.29, 0.717) is 16.6 Å². The number of nitrogens with zero attached hydrogens (tertiary/aromatic N) is 3. The van der Waals surface area contributed by atoms with Gasteiger partial charge < -0.3 is 5.32 Å². The molecule has 34 heavy (non-hydrogen) atoms. The lowest BCUT2D eigenvalue weighted by atomic mass is 9.96. The van der Waals surface area contributed by atoms with Crippen LogP contribution in [0.25, 0.3) is 10.2 Å². The number of nitrogens with one attached hydrogen (secondary N) is 1. The molecule has 0 radical (unpaired) electrons. The minimum atomic E-state index is -3.62. The van der Waals surface area contributed by atoms with E-state index in [0.717, 1.165) is 20.5 Å². The molecule has 2 aromatic carbocycles. The SMILES string of the molecule is CCC(C)C(C(=O)Nc1nc2ccc(S(=O)(=O)N(C)C)cc2s1)N1C(=O)c2ccccc2C1=O. The molecule has 178 valence electrons. The molecule has 11 heteroatoms. The van der Waals surface area contributed by atoms with Gasteiger partial charge in [-0.25, -0.2) is 17.7 Å². The number of carbonyl (C=O) groups is 3. The fraction of sp³-hybridized carbons (Fsp3) is 0.304. The molecular weight excluding hydrogens is 476 g/mol. The summed E-state index contributed by atoms with van der Waals surface area (Å²) in [6.07, 6.45) is 0.567. The summed E-state index contributed by atoms with van der Waals surface area (Å²) in [4.78, 5) is 44.9. The van der Waals surface area contributed by atoms with Gasteiger partial charge in [0.2, 0.25) is 15.9 Å². The molecule has 3 amide bonds. The molecule has 0 spiro atoms. The van der Waals surface area contributed by atoms with Crippen molar-refractivity contribution in [3.8, 4) is 0 Å². The van der Waals surface area contributed by atoms with Gasteiger partial charge in [0.15, 0.2) is 5.13 Å². The van der Waals surface area contributed by atoms with Gasteiger partial charge in [-0.1, -0.05) is 43.7 Å². The fourth-order valence-electron chi connectivity index (χ4n) is 3.82. The summed E-state index contributed by atoms with van der Waals surface area (Å²) < 4.78 is 26.6. The number of hydrogen-bond donors (Lipinski definition) is 1. The average Bonchev–Trinajstić information content (AvgIpc) is 3.32. The van der Waals surface area contributed by atoms with Crippen molar-refractivity contribution in [1.82, 2.24) is 14.2 Å². The maximum Gasteiger partial charge on any atom is 0.262 e. The quantitative estimate of drug-likeness (QED) is 0.498. The second-order valence-corrected chi connectivity index (χ2v) is 11.5. The number of thiazole rings is 1. The molecule has 0 bridgehead atoms. The lowest BCUT2D eigenvalue weighted by Gasteiger charge is -2.29. The second kappa shape index (κ2) is 8.90. The summed E-state index contributed by atoms with van der Waals surface area (Å²) in [5.41, 5.74) is 1.09. The number of anilines is 1. The summed E-state index contributed by atoms with van der Waals surface area (Å²) in [5.74, 6) is -1.81. The molecule has 4 rings (SSSR count). The summed E-state index contributed by atoms with van der Waals surface area (Å²) in [6.45, 7) is 3.69. The van der Waals surface area contributed by atoms with Gasteiger partial charge in [0.05, 0.1) is 26.2 Å². The van der Waals surface area contributed by atoms with Gasteiger partial charge in [-0.05, 0) is 36.2 Å². The van der Waals surface area contributed by atoms with Crippen molar-refractivity contribution in [2.24, 2.45) is 5.92 Å². The standard InChI is InChI=1S/C23H24N4O5S2/c1-5-13(2)19(27-21(29)15-8-6-7-9-16(15)22(27)30)20(28)25-23-24-17-11-10-14(12-18(17)33-23)34(31,32)26(3)4/h6-13,19H,5H2,1-4H3,(H,24,25,28). The van der Waals surface area contributed by atoms with E-state index in [4.69, 9.17) is 0 Å². The normalized spacial score (nSPS) is 15.6. The number of hydrogen-bond acceptors (Lipinski definition) is 7. The third-order valence-electron chi connectivity index (χ3n) is 5.92. The third kappa shape index (κ3) is 3.99. The molecule has 2 unspecified atom stereocenters. The van der Waals surface area contributed by atoms with E-state index in [1.54, 1.807) is 30.3 Å². The highest BCUT2D eigenvalue weighted by molar-refractivity contribution is 7.89. The Bertz CT molecular complexity index is 1380. The Morgan fingerprint density at radius 3 is 2.29 bits per heavy atom. The Morgan fingerprint density at radius 1 is 1.12 bits per heavy atom. The summed E-state index contributed by atoms with van der Waals surface area (Å²) in [5, 5.41) is 2.99. The maximum atomic E-state index is 13.3. The number of amides is 3. The van der Waals surface area contributed by atoms with Crippen molar-refractivity contribution >= 4 is 54.4 Å². The van der Waals surface area contributed by atoms with Crippen LogP contribution in [0.4, 0.5) is 5.13 Å². The first kappa shape index (κ1) is 24.0. The molecule has 0 saturated heterocycles. The number of carbonyl (C=O) groups excluding carboxylic acids is 3. The average molecular weight is 501 g/mol. The molecule has 2 heterocycles. The molecular formula is C23H24N4O5S2. The molecule has 0 aliphatic carbocycles. The first-order chi connectivity index (χ1) is 16.1. The molecule has 9 nitrogen and oxygen atoms in total. The van der Waals surface area contributed by atoms with Gasteiger partial charge in [-0.2, -0.15) is 0 Å². The second-order valence-electron chi connectivity index (χ2n) is 8.28. The van der Waals surface area contributed by atoms with Crippen molar-refractivity contribution in [1.29, 1.82) is 0 Å². The van der Waals surface area contributed by atoms with Crippen LogP contribution in [-0.2, 0) is 14.8 Å². The summed E-state index contributed by atoms with van der Waals surface area (Å²) in [6, 6.07) is 10.0. The molecule has 0 fully saturated rings. The predicted molar refractivity (Wildman–Crippen MR) is 129 cm³/mol. The Labute approximate surface area is 201 Å². The molecule has 1 aliphatic heterocycles. The highest BCUT2D eigenvalue weighted by atomic mass is 32.2. The monoisotopic (exact) mass is 500 g/mol. The van der Waals surface area contributed by atoms with Crippen LogP contribution in [0.1, 0.15) is 41.0 Å². The predicted octanol–water partition coefficient (Wildman–Crippen LogP) is 3.20. The van der Waals surface area contributed by atoms with Crippen LogP contribution in [0.5, 0.6) is 0 Å². The van der Waals surface area contributed by atoms with E-state index in [-0.39, 0.29) is 27.1 Å². The van der Waals surface area contributed by atoms with Crippen LogP contribution in [0.2, 0.25) is 0 Å². The van der Waals surface area contributed by atoms with Crippen LogP contribution < -0.4 is 5.32 Å². The molecule has 1 N–H and O–H groups in total. The highest BCUT2D eigenvalue weighted by Gasteiger charge is 2.44. The van der Waals surface area contributed by atoms with E-state index < -0.39 is 33.8 Å². The van der Waals surface area contributed by atoms with Crippen molar-refractivity contribution in [2.45, 2.75) is 31.2 Å². The summed E-state index contributed by atoms with van der Waals surface area (Å²) in [7, 11) is -0.715. The lowest BCUT2D eigenvalue weighted by Crippen LogP contribution is -2.50. The van der Waals surface area contributed by atoms with E-state index >= 15 is 0 Å². The van der Waals surface area contributed by atoms with Crippen LogP contribution in [-0.4, -0.2) is 60.5 Å². The number of sulfonamides is 1. The van der Waals surface area contributed by atoms with Gasteiger partial charge >= 0.3 is 0 Å². The zero-order valence-electron chi connectivity index (χ0n) is 19.1. The van der Waals surface area contributed by atoms with E-state index in [1.807, 2.05) is 13.8 Å². The Morgan fingerprint density at radius 2 is 1.74 bits per heavy atom. The number of aromatic nitrogens is 1. The minimum absolute atomic E-state index is 0.120. The Balaban J connectivity index is 1.64. The maximum absolute atomic E-state index is 13.3. The van der Waals surface area contributed by atoms with Crippen LogP contribution in [0, 0.1) is 5.92 Å². The largest absolute Gasteiger partial charge is 0.300 e. The van der Waals surface area contributed by atoms with Gasteiger partial charge in [0, 0.05) is 14.1 Å². The number of fused-ring (bicyclic) bond motifs is 2. The van der Waals surface area contributed by atoms with Crippen molar-refractivity contribution < 1.29 is 22.8 Å². The third-order valence-corrected chi connectivity index (χ3v) is 8.67. The van der Waals surface area contributed by atoms with E-state index in [1.165, 1.54) is 26.2 Å². The smallest absolute Gasteiger partial charge is 0.262 e. The first-order valence-electron chi connectivity index (χ1n) is 10.7. The zero-order valence-corrected chi connectivity index (χ0v) is 20.7. The lowest BCUT2D eigenvalue weighted by molar-refractivity contribution is -0.121. The zero-order chi connectivity index (χ0) is 24.8. The van der Waals surface area contributed by atoms with E-state index in [2.05, 4.69) is 10.3 Å². The van der Waals surface area contributed by atoms with Crippen molar-refractivity contribution in [3.63, 3.8) is 0 Å². The van der Waals surface area contributed by atoms with Crippen LogP contribution >= 0.6 is 11.3 Å². The molecule has 0 saturated carbocycles. The van der Waals surface area contributed by atoms with Crippen molar-refractivity contribution in [3.05, 3.63) is 53.6 Å². The van der Waals surface area contributed by atoms with Gasteiger partial charge in [0.25, 0.3) is 11.8 Å².